The molecular weight excluding hydrogens is 283 g/mol. The fourth-order valence-electron chi connectivity index (χ4n) is 1.92. The Kier molecular flexibility index (Phi) is 7.27. The Hall–Kier alpha value is -0.840. The third kappa shape index (κ3) is 6.07. The van der Waals surface area contributed by atoms with Gasteiger partial charge in [-0.1, -0.05) is 39.0 Å². The molecule has 0 saturated heterocycles. The molecule has 0 aliphatic rings. The molecule has 0 saturated carbocycles. The molecular formula is C15H22F3NS. The van der Waals surface area contributed by atoms with Crippen molar-refractivity contribution in [3.8, 4) is 0 Å². The molecule has 5 heteroatoms. The molecule has 1 rings (SSSR count). The summed E-state index contributed by atoms with van der Waals surface area (Å²) in [6, 6.07) is 3.59. The normalized spacial score (nSPS) is 11.8. The minimum atomic E-state index is -4.32. The van der Waals surface area contributed by atoms with Crippen LogP contribution in [0.3, 0.4) is 0 Å². The van der Waals surface area contributed by atoms with Gasteiger partial charge in [-0.3, -0.25) is 0 Å². The second-order valence-electron chi connectivity index (χ2n) is 4.87. The van der Waals surface area contributed by atoms with E-state index in [9.17, 15) is 13.2 Å². The van der Waals surface area contributed by atoms with E-state index in [0.717, 1.165) is 29.2 Å². The van der Waals surface area contributed by atoms with Gasteiger partial charge in [-0.2, -0.15) is 13.2 Å². The first-order chi connectivity index (χ1) is 9.45. The number of rotatable bonds is 8. The van der Waals surface area contributed by atoms with Crippen molar-refractivity contribution >= 4 is 17.4 Å². The summed E-state index contributed by atoms with van der Waals surface area (Å²) in [5.74, 6) is 0.904. The molecule has 1 aromatic carbocycles. The number of nitrogens with two attached hydrogens (primary N) is 1. The van der Waals surface area contributed by atoms with E-state index >= 15 is 0 Å². The maximum Gasteiger partial charge on any atom is 0.416 e. The summed E-state index contributed by atoms with van der Waals surface area (Å²) in [6.07, 6.45) is 2.94. The van der Waals surface area contributed by atoms with Gasteiger partial charge in [0.2, 0.25) is 0 Å². The highest BCUT2D eigenvalue weighted by molar-refractivity contribution is 7.99. The molecule has 0 bridgehead atoms. The van der Waals surface area contributed by atoms with E-state index in [1.165, 1.54) is 49.9 Å². The zero-order chi connectivity index (χ0) is 15.0. The van der Waals surface area contributed by atoms with Gasteiger partial charge in [0, 0.05) is 10.6 Å². The first-order valence-electron chi connectivity index (χ1n) is 7.04. The summed E-state index contributed by atoms with van der Waals surface area (Å²) < 4.78 is 37.5. The Balaban J connectivity index is 2.34. The van der Waals surface area contributed by atoms with Crippen LogP contribution in [0.4, 0.5) is 18.9 Å². The van der Waals surface area contributed by atoms with Crippen molar-refractivity contribution in [2.75, 3.05) is 11.5 Å². The minimum absolute atomic E-state index is 0.218. The molecule has 0 spiro atoms. The van der Waals surface area contributed by atoms with Crippen LogP contribution in [0.15, 0.2) is 23.1 Å². The van der Waals surface area contributed by atoms with E-state index in [1.54, 1.807) is 0 Å². The van der Waals surface area contributed by atoms with Gasteiger partial charge >= 0.3 is 6.18 Å². The van der Waals surface area contributed by atoms with Gasteiger partial charge in [0.25, 0.3) is 0 Å². The van der Waals surface area contributed by atoms with Gasteiger partial charge in [-0.25, -0.2) is 0 Å². The number of benzene rings is 1. The van der Waals surface area contributed by atoms with Gasteiger partial charge in [0.15, 0.2) is 0 Å². The van der Waals surface area contributed by atoms with Crippen molar-refractivity contribution in [2.24, 2.45) is 0 Å². The average Bonchev–Trinajstić information content (AvgIpc) is 2.38. The van der Waals surface area contributed by atoms with Gasteiger partial charge in [-0.05, 0) is 30.4 Å². The minimum Gasteiger partial charge on any atom is -0.398 e. The number of nitrogen functional groups attached to an aromatic ring is 1. The van der Waals surface area contributed by atoms with Gasteiger partial charge in [0.05, 0.1) is 5.56 Å². The first kappa shape index (κ1) is 17.2. The molecule has 1 nitrogen and oxygen atoms in total. The molecule has 0 heterocycles. The van der Waals surface area contributed by atoms with Crippen LogP contribution in [0.25, 0.3) is 0 Å². The van der Waals surface area contributed by atoms with E-state index in [2.05, 4.69) is 6.92 Å². The fourth-order valence-corrected chi connectivity index (χ4v) is 2.88. The van der Waals surface area contributed by atoms with Gasteiger partial charge in [0.1, 0.15) is 0 Å². The molecule has 0 atom stereocenters. The van der Waals surface area contributed by atoms with E-state index in [0.29, 0.717) is 0 Å². The quantitative estimate of drug-likeness (QED) is 0.376. The van der Waals surface area contributed by atoms with Crippen molar-refractivity contribution in [1.29, 1.82) is 0 Å². The first-order valence-corrected chi connectivity index (χ1v) is 8.03. The maximum atomic E-state index is 12.5. The number of anilines is 1. The lowest BCUT2D eigenvalue weighted by Crippen LogP contribution is -2.05. The van der Waals surface area contributed by atoms with Crippen LogP contribution in [-0.2, 0) is 6.18 Å². The summed E-state index contributed by atoms with van der Waals surface area (Å²) >= 11 is 1.54. The third-order valence-electron chi connectivity index (χ3n) is 3.09. The van der Waals surface area contributed by atoms with Crippen LogP contribution in [0.1, 0.15) is 51.0 Å². The van der Waals surface area contributed by atoms with Gasteiger partial charge < -0.3 is 5.73 Å². The highest BCUT2D eigenvalue weighted by atomic mass is 32.2. The molecule has 2 N–H and O–H groups in total. The van der Waals surface area contributed by atoms with Crippen molar-refractivity contribution in [1.82, 2.24) is 0 Å². The Morgan fingerprint density at radius 2 is 1.70 bits per heavy atom. The van der Waals surface area contributed by atoms with E-state index in [-0.39, 0.29) is 5.69 Å². The Labute approximate surface area is 123 Å². The Bertz CT molecular complexity index is 405. The second-order valence-corrected chi connectivity index (χ2v) is 6.00. The van der Waals surface area contributed by atoms with Crippen LogP contribution in [0, 0.1) is 0 Å². The lowest BCUT2D eigenvalue weighted by molar-refractivity contribution is -0.137. The lowest BCUT2D eigenvalue weighted by atomic mass is 10.1. The van der Waals surface area contributed by atoms with Crippen molar-refractivity contribution in [3.63, 3.8) is 0 Å². The summed E-state index contributed by atoms with van der Waals surface area (Å²) in [5.41, 5.74) is 5.21. The topological polar surface area (TPSA) is 26.0 Å². The number of hydrogen-bond acceptors (Lipinski definition) is 2. The third-order valence-corrected chi connectivity index (χ3v) is 4.27. The molecule has 0 aliphatic heterocycles. The van der Waals surface area contributed by atoms with Crippen LogP contribution in [0.2, 0.25) is 0 Å². The number of unbranched alkanes of at least 4 members (excludes halogenated alkanes) is 5. The van der Waals surface area contributed by atoms with Crippen LogP contribution < -0.4 is 5.73 Å². The Morgan fingerprint density at radius 1 is 1.05 bits per heavy atom. The zero-order valence-corrected chi connectivity index (χ0v) is 12.6. The summed E-state index contributed by atoms with van der Waals surface area (Å²) in [7, 11) is 0. The standard InChI is InChI=1S/C15H22F3NS/c1-2-3-4-5-6-7-10-20-14-9-8-12(11-13(14)19)15(16,17)18/h8-9,11H,2-7,10,19H2,1H3. The van der Waals surface area contributed by atoms with Crippen LogP contribution >= 0.6 is 11.8 Å². The predicted octanol–water partition coefficient (Wildman–Crippen LogP) is 5.74. The fraction of sp³-hybridized carbons (Fsp3) is 0.600. The molecule has 1 aromatic rings. The molecule has 0 amide bonds. The molecule has 20 heavy (non-hydrogen) atoms. The van der Waals surface area contributed by atoms with Crippen LogP contribution in [-0.4, -0.2) is 5.75 Å². The van der Waals surface area contributed by atoms with Gasteiger partial charge in [-0.15, -0.1) is 11.8 Å². The Morgan fingerprint density at radius 3 is 2.30 bits per heavy atom. The summed E-state index contributed by atoms with van der Waals surface area (Å²) in [5, 5.41) is 0. The smallest absolute Gasteiger partial charge is 0.398 e. The molecule has 0 aliphatic carbocycles. The largest absolute Gasteiger partial charge is 0.416 e. The van der Waals surface area contributed by atoms with E-state index < -0.39 is 11.7 Å². The second kappa shape index (κ2) is 8.45. The lowest BCUT2D eigenvalue weighted by Gasteiger charge is -2.10. The number of halogens is 3. The maximum absolute atomic E-state index is 12.5. The number of thioether (sulfide) groups is 1. The summed E-state index contributed by atoms with van der Waals surface area (Å²) in [4.78, 5) is 0.742. The SMILES string of the molecule is CCCCCCCCSc1ccc(C(F)(F)F)cc1N. The van der Waals surface area contributed by atoms with Crippen LogP contribution in [0.5, 0.6) is 0 Å². The summed E-state index contributed by atoms with van der Waals surface area (Å²) in [6.45, 7) is 2.18. The number of alkyl halides is 3. The zero-order valence-electron chi connectivity index (χ0n) is 11.8. The van der Waals surface area contributed by atoms with Crippen molar-refractivity contribution in [3.05, 3.63) is 23.8 Å². The number of hydrogen-bond donors (Lipinski definition) is 1. The molecule has 0 unspecified atom stereocenters. The molecule has 114 valence electrons. The monoisotopic (exact) mass is 305 g/mol. The van der Waals surface area contributed by atoms with E-state index in [1.807, 2.05) is 0 Å². The molecule has 0 aromatic heterocycles. The molecule has 0 radical (unpaired) electrons. The average molecular weight is 305 g/mol. The molecule has 0 fully saturated rings. The van der Waals surface area contributed by atoms with Crippen molar-refractivity contribution < 1.29 is 13.2 Å². The highest BCUT2D eigenvalue weighted by Gasteiger charge is 2.30. The highest BCUT2D eigenvalue weighted by Crippen LogP contribution is 2.34. The van der Waals surface area contributed by atoms with E-state index in [4.69, 9.17) is 5.73 Å². The van der Waals surface area contributed by atoms with Crippen molar-refractivity contribution in [2.45, 2.75) is 56.5 Å². The predicted molar refractivity (Wildman–Crippen MR) is 80.0 cm³/mol.